The Balaban J connectivity index is 1.88. The lowest BCUT2D eigenvalue weighted by Gasteiger charge is -2.07. The van der Waals surface area contributed by atoms with Crippen molar-refractivity contribution < 1.29 is 14.6 Å². The first kappa shape index (κ1) is 14.1. The van der Waals surface area contributed by atoms with Crippen molar-refractivity contribution in [3.8, 4) is 11.5 Å². The average molecular weight is 297 g/mol. The molecule has 6 heteroatoms. The van der Waals surface area contributed by atoms with Gasteiger partial charge in [-0.1, -0.05) is 0 Å². The number of nitrogens with one attached hydrogen (secondary N) is 1. The molecule has 0 aliphatic heterocycles. The van der Waals surface area contributed by atoms with Gasteiger partial charge < -0.3 is 15.2 Å². The summed E-state index contributed by atoms with van der Waals surface area (Å²) in [6.45, 7) is 0.664. The maximum atomic E-state index is 11.1. The van der Waals surface area contributed by atoms with Crippen molar-refractivity contribution in [3.05, 3.63) is 54.5 Å². The summed E-state index contributed by atoms with van der Waals surface area (Å²) < 4.78 is 7.00. The number of rotatable bonds is 4. The summed E-state index contributed by atoms with van der Waals surface area (Å²) in [6, 6.07) is 10.7. The molecule has 0 saturated heterocycles. The van der Waals surface area contributed by atoms with Crippen LogP contribution in [0.15, 0.2) is 48.8 Å². The van der Waals surface area contributed by atoms with Crippen molar-refractivity contribution in [3.63, 3.8) is 0 Å². The summed E-state index contributed by atoms with van der Waals surface area (Å²) in [4.78, 5) is 15.3. The zero-order chi connectivity index (χ0) is 15.5. The third-order valence-electron chi connectivity index (χ3n) is 3.25. The number of carbonyl (C=O) groups is 1. The van der Waals surface area contributed by atoms with Crippen LogP contribution in [0.3, 0.4) is 0 Å². The van der Waals surface area contributed by atoms with Crippen molar-refractivity contribution in [2.24, 2.45) is 0 Å². The number of pyridine rings is 1. The van der Waals surface area contributed by atoms with Crippen molar-refractivity contribution in [1.29, 1.82) is 0 Å². The van der Waals surface area contributed by atoms with Gasteiger partial charge >= 0.3 is 6.09 Å². The fourth-order valence-corrected chi connectivity index (χ4v) is 2.28. The second kappa shape index (κ2) is 5.87. The predicted octanol–water partition coefficient (Wildman–Crippen LogP) is 3.07. The Morgan fingerprint density at radius 2 is 2.09 bits per heavy atom. The largest absolute Gasteiger partial charge is 0.464 e. The summed E-state index contributed by atoms with van der Waals surface area (Å²) in [5.41, 5.74) is 1.52. The fourth-order valence-electron chi connectivity index (χ4n) is 2.28. The number of hydrogen-bond donors (Lipinski definition) is 2. The van der Waals surface area contributed by atoms with Crippen LogP contribution in [0.5, 0.6) is 11.5 Å². The minimum Gasteiger partial charge on any atom is -0.464 e. The van der Waals surface area contributed by atoms with Gasteiger partial charge in [0.25, 0.3) is 0 Å². The first-order valence-corrected chi connectivity index (χ1v) is 6.79. The molecule has 0 amide bonds. The fraction of sp³-hybridized carbons (Fsp3) is 0.125. The molecule has 0 radical (unpaired) electrons. The van der Waals surface area contributed by atoms with Crippen LogP contribution in [0.25, 0.3) is 10.9 Å². The topological polar surface area (TPSA) is 76.4 Å². The van der Waals surface area contributed by atoms with Crippen LogP contribution < -0.4 is 10.1 Å². The summed E-state index contributed by atoms with van der Waals surface area (Å²) in [6.07, 6.45) is 2.21. The van der Waals surface area contributed by atoms with Crippen molar-refractivity contribution in [2.75, 3.05) is 7.05 Å². The number of ether oxygens (including phenoxy) is 1. The molecule has 3 aromatic rings. The number of aromatic nitrogens is 2. The van der Waals surface area contributed by atoms with E-state index in [1.165, 1.54) is 10.8 Å². The molecule has 0 bridgehead atoms. The van der Waals surface area contributed by atoms with Gasteiger partial charge in [0, 0.05) is 30.4 Å². The van der Waals surface area contributed by atoms with Crippen molar-refractivity contribution >= 4 is 17.0 Å². The van der Waals surface area contributed by atoms with E-state index in [-0.39, 0.29) is 0 Å². The van der Waals surface area contributed by atoms with Crippen LogP contribution in [0.4, 0.5) is 4.79 Å². The van der Waals surface area contributed by atoms with E-state index in [1.54, 1.807) is 30.5 Å². The average Bonchev–Trinajstić information content (AvgIpc) is 2.91. The number of carboxylic acid groups (broad SMARTS) is 1. The molecule has 1 aromatic carbocycles. The van der Waals surface area contributed by atoms with E-state index >= 15 is 0 Å². The monoisotopic (exact) mass is 297 g/mol. The molecular formula is C16H15N3O3. The SMILES string of the molecule is CNCc1cc(Oc2ccc3c(ccn3C(=O)O)c2)ccn1. The van der Waals surface area contributed by atoms with Gasteiger partial charge in [-0.3, -0.25) is 9.55 Å². The van der Waals surface area contributed by atoms with E-state index in [0.717, 1.165) is 11.1 Å². The van der Waals surface area contributed by atoms with Gasteiger partial charge in [0.1, 0.15) is 11.5 Å². The Labute approximate surface area is 127 Å². The quantitative estimate of drug-likeness (QED) is 0.774. The Bertz CT molecular complexity index is 826. The van der Waals surface area contributed by atoms with Crippen LogP contribution in [0.2, 0.25) is 0 Å². The minimum atomic E-state index is -1.01. The third-order valence-corrected chi connectivity index (χ3v) is 3.25. The van der Waals surface area contributed by atoms with Crippen LogP contribution >= 0.6 is 0 Å². The Morgan fingerprint density at radius 3 is 2.86 bits per heavy atom. The maximum Gasteiger partial charge on any atom is 0.415 e. The second-order valence-electron chi connectivity index (χ2n) is 4.80. The molecule has 2 heterocycles. The number of hydrogen-bond acceptors (Lipinski definition) is 4. The van der Waals surface area contributed by atoms with Gasteiger partial charge in [-0.15, -0.1) is 0 Å². The highest BCUT2D eigenvalue weighted by Gasteiger charge is 2.08. The second-order valence-corrected chi connectivity index (χ2v) is 4.80. The highest BCUT2D eigenvalue weighted by molar-refractivity contribution is 5.89. The molecule has 2 N–H and O–H groups in total. The predicted molar refractivity (Wildman–Crippen MR) is 82.4 cm³/mol. The van der Waals surface area contributed by atoms with Crippen molar-refractivity contribution in [1.82, 2.24) is 14.9 Å². The molecular weight excluding hydrogens is 282 g/mol. The number of benzene rings is 1. The first-order valence-electron chi connectivity index (χ1n) is 6.79. The first-order chi connectivity index (χ1) is 10.7. The zero-order valence-corrected chi connectivity index (χ0v) is 12.0. The smallest absolute Gasteiger partial charge is 0.415 e. The third kappa shape index (κ3) is 2.77. The minimum absolute atomic E-state index is 0.630. The normalized spacial score (nSPS) is 10.8. The molecule has 0 atom stereocenters. The lowest BCUT2D eigenvalue weighted by Crippen LogP contribution is -2.06. The van der Waals surface area contributed by atoms with E-state index in [9.17, 15) is 4.79 Å². The molecule has 0 aliphatic carbocycles. The lowest BCUT2D eigenvalue weighted by molar-refractivity contribution is 0.197. The summed E-state index contributed by atoms with van der Waals surface area (Å²) in [5.74, 6) is 1.34. The maximum absolute atomic E-state index is 11.1. The molecule has 0 unspecified atom stereocenters. The molecule has 0 saturated carbocycles. The van der Waals surface area contributed by atoms with Gasteiger partial charge in [0.15, 0.2) is 0 Å². The highest BCUT2D eigenvalue weighted by Crippen LogP contribution is 2.26. The van der Waals surface area contributed by atoms with E-state index in [1.807, 2.05) is 19.2 Å². The van der Waals surface area contributed by atoms with Gasteiger partial charge in [-0.25, -0.2) is 4.79 Å². The number of nitrogens with zero attached hydrogens (tertiary/aromatic N) is 2. The molecule has 22 heavy (non-hydrogen) atoms. The van der Waals surface area contributed by atoms with Crippen LogP contribution in [-0.4, -0.2) is 27.8 Å². The van der Waals surface area contributed by atoms with Crippen LogP contribution in [0, 0.1) is 0 Å². The summed E-state index contributed by atoms with van der Waals surface area (Å²) >= 11 is 0. The Hall–Kier alpha value is -2.86. The van der Waals surface area contributed by atoms with E-state index in [4.69, 9.17) is 9.84 Å². The van der Waals surface area contributed by atoms with E-state index in [0.29, 0.717) is 23.6 Å². The summed E-state index contributed by atoms with van der Waals surface area (Å²) in [5, 5.41) is 12.9. The standard InChI is InChI=1S/C16H15N3O3/c1-17-10-12-9-14(4-6-18-12)22-13-2-3-15-11(8-13)5-7-19(15)16(20)21/h2-9,17H,10H2,1H3,(H,20,21). The Kier molecular flexibility index (Phi) is 3.76. The molecule has 2 aromatic heterocycles. The number of fused-ring (bicyclic) bond motifs is 1. The van der Waals surface area contributed by atoms with Gasteiger partial charge in [-0.2, -0.15) is 0 Å². The molecule has 0 aliphatic rings. The molecule has 3 rings (SSSR count). The van der Waals surface area contributed by atoms with Gasteiger partial charge in [0.05, 0.1) is 11.2 Å². The van der Waals surface area contributed by atoms with Gasteiger partial charge in [0.2, 0.25) is 0 Å². The lowest BCUT2D eigenvalue weighted by atomic mass is 10.2. The van der Waals surface area contributed by atoms with Crippen LogP contribution in [-0.2, 0) is 6.54 Å². The molecule has 0 fully saturated rings. The highest BCUT2D eigenvalue weighted by atomic mass is 16.5. The molecule has 112 valence electrons. The van der Waals surface area contributed by atoms with E-state index in [2.05, 4.69) is 10.3 Å². The summed E-state index contributed by atoms with van der Waals surface area (Å²) in [7, 11) is 1.86. The Morgan fingerprint density at radius 1 is 1.27 bits per heavy atom. The van der Waals surface area contributed by atoms with Gasteiger partial charge in [-0.05, 0) is 37.4 Å². The van der Waals surface area contributed by atoms with Crippen molar-refractivity contribution in [2.45, 2.75) is 6.54 Å². The van der Waals surface area contributed by atoms with E-state index < -0.39 is 6.09 Å². The zero-order valence-electron chi connectivity index (χ0n) is 12.0. The van der Waals surface area contributed by atoms with Crippen LogP contribution in [0.1, 0.15) is 5.69 Å². The molecule has 0 spiro atoms. The molecule has 6 nitrogen and oxygen atoms in total.